The highest BCUT2D eigenvalue weighted by molar-refractivity contribution is 5.81. The van der Waals surface area contributed by atoms with Gasteiger partial charge in [-0.2, -0.15) is 0 Å². The molecule has 0 spiro atoms. The van der Waals surface area contributed by atoms with Crippen molar-refractivity contribution in [2.75, 3.05) is 20.3 Å². The van der Waals surface area contributed by atoms with Crippen LogP contribution in [0.1, 0.15) is 77.6 Å². The zero-order chi connectivity index (χ0) is 15.8. The number of unbranched alkanes of at least 4 members (excludes halogenated alkanes) is 7. The van der Waals surface area contributed by atoms with E-state index in [1.165, 1.54) is 44.9 Å². The van der Waals surface area contributed by atoms with Gasteiger partial charge in [-0.25, -0.2) is 0 Å². The van der Waals surface area contributed by atoms with Gasteiger partial charge in [0.2, 0.25) is 0 Å². The Hall–Kier alpha value is -0.410. The standard InChI is InChI=1S/C19H35NO2/c1-3-4-5-6-7-8-9-10-11-19(21)16-12-17-14-22-15-18(13-16)20(17)2/h16-18H,3-15H2,1-2H3. The van der Waals surface area contributed by atoms with E-state index in [1.54, 1.807) is 0 Å². The van der Waals surface area contributed by atoms with Crippen molar-refractivity contribution >= 4 is 5.78 Å². The van der Waals surface area contributed by atoms with E-state index >= 15 is 0 Å². The molecule has 2 heterocycles. The molecule has 2 aliphatic rings. The molecule has 0 saturated carbocycles. The zero-order valence-corrected chi connectivity index (χ0v) is 14.7. The fourth-order valence-corrected chi connectivity index (χ4v) is 4.00. The number of rotatable bonds is 10. The third kappa shape index (κ3) is 5.34. The molecule has 2 bridgehead atoms. The lowest BCUT2D eigenvalue weighted by atomic mass is 9.81. The fourth-order valence-electron chi connectivity index (χ4n) is 4.00. The minimum atomic E-state index is 0.305. The van der Waals surface area contributed by atoms with E-state index in [9.17, 15) is 4.79 Å². The van der Waals surface area contributed by atoms with Crippen LogP contribution in [0.3, 0.4) is 0 Å². The lowest BCUT2D eigenvalue weighted by Crippen LogP contribution is -2.55. The van der Waals surface area contributed by atoms with Gasteiger partial charge in [0.25, 0.3) is 0 Å². The first-order valence-corrected chi connectivity index (χ1v) is 9.54. The number of ether oxygens (including phenoxy) is 1. The van der Waals surface area contributed by atoms with Crippen LogP contribution in [0, 0.1) is 5.92 Å². The molecule has 0 aromatic heterocycles. The Labute approximate surface area is 136 Å². The number of morpholine rings is 1. The molecule has 0 aromatic rings. The molecule has 2 atom stereocenters. The first kappa shape index (κ1) is 17.9. The molecular formula is C19H35NO2. The summed E-state index contributed by atoms with van der Waals surface area (Å²) in [6.45, 7) is 3.89. The van der Waals surface area contributed by atoms with Gasteiger partial charge >= 0.3 is 0 Å². The second-order valence-electron chi connectivity index (χ2n) is 7.37. The highest BCUT2D eigenvalue weighted by Gasteiger charge is 2.38. The number of carbonyl (C=O) groups excluding carboxylic acids is 1. The molecule has 2 saturated heterocycles. The molecular weight excluding hydrogens is 274 g/mol. The Morgan fingerprint density at radius 3 is 2.09 bits per heavy atom. The number of hydrogen-bond acceptors (Lipinski definition) is 3. The van der Waals surface area contributed by atoms with Gasteiger partial charge in [0.05, 0.1) is 13.2 Å². The van der Waals surface area contributed by atoms with Gasteiger partial charge in [-0.05, 0) is 26.3 Å². The van der Waals surface area contributed by atoms with Gasteiger partial charge in [0.15, 0.2) is 0 Å². The van der Waals surface area contributed by atoms with Crippen LogP contribution < -0.4 is 0 Å². The molecule has 2 fully saturated rings. The number of piperidine rings is 1. The van der Waals surface area contributed by atoms with E-state index in [0.717, 1.165) is 38.9 Å². The fraction of sp³-hybridized carbons (Fsp3) is 0.947. The number of ketones is 1. The third-order valence-electron chi connectivity index (χ3n) is 5.62. The van der Waals surface area contributed by atoms with Crippen LogP contribution in [0.4, 0.5) is 0 Å². The first-order chi connectivity index (χ1) is 10.7. The Balaban J connectivity index is 1.56. The summed E-state index contributed by atoms with van der Waals surface area (Å²) in [4.78, 5) is 14.9. The second kappa shape index (κ2) is 9.67. The minimum absolute atomic E-state index is 0.305. The monoisotopic (exact) mass is 309 g/mol. The smallest absolute Gasteiger partial charge is 0.136 e. The van der Waals surface area contributed by atoms with Crippen molar-refractivity contribution in [3.63, 3.8) is 0 Å². The minimum Gasteiger partial charge on any atom is -0.378 e. The van der Waals surface area contributed by atoms with Crippen molar-refractivity contribution in [2.45, 2.75) is 89.6 Å². The molecule has 2 unspecified atom stereocenters. The Kier molecular flexibility index (Phi) is 7.88. The summed E-state index contributed by atoms with van der Waals surface area (Å²) in [5.41, 5.74) is 0. The summed E-state index contributed by atoms with van der Waals surface area (Å²) in [5, 5.41) is 0. The third-order valence-corrected chi connectivity index (χ3v) is 5.62. The maximum atomic E-state index is 12.5. The van der Waals surface area contributed by atoms with Gasteiger partial charge in [-0.1, -0.05) is 51.9 Å². The van der Waals surface area contributed by atoms with E-state index in [-0.39, 0.29) is 0 Å². The molecule has 0 amide bonds. The van der Waals surface area contributed by atoms with Crippen LogP contribution in [0.5, 0.6) is 0 Å². The van der Waals surface area contributed by atoms with Crippen LogP contribution in [0.15, 0.2) is 0 Å². The normalized spacial score (nSPS) is 28.7. The molecule has 0 aliphatic carbocycles. The van der Waals surface area contributed by atoms with Crippen molar-refractivity contribution in [3.8, 4) is 0 Å². The van der Waals surface area contributed by atoms with Crippen LogP contribution >= 0.6 is 0 Å². The van der Waals surface area contributed by atoms with Crippen molar-refractivity contribution in [3.05, 3.63) is 0 Å². The lowest BCUT2D eigenvalue weighted by molar-refractivity contribution is -0.131. The van der Waals surface area contributed by atoms with Crippen molar-refractivity contribution < 1.29 is 9.53 Å². The molecule has 3 heteroatoms. The number of nitrogens with zero attached hydrogens (tertiary/aromatic N) is 1. The summed E-state index contributed by atoms with van der Waals surface area (Å²) < 4.78 is 5.64. The van der Waals surface area contributed by atoms with E-state index in [1.807, 2.05) is 0 Å². The number of likely N-dealkylation sites (N-methyl/N-ethyl adjacent to an activating group) is 1. The molecule has 0 aromatic carbocycles. The molecule has 0 N–H and O–H groups in total. The van der Waals surface area contributed by atoms with Crippen molar-refractivity contribution in [1.29, 1.82) is 0 Å². The van der Waals surface area contributed by atoms with Gasteiger partial charge < -0.3 is 4.74 Å². The zero-order valence-electron chi connectivity index (χ0n) is 14.7. The Bertz CT molecular complexity index is 317. The van der Waals surface area contributed by atoms with Crippen LogP contribution in [0.2, 0.25) is 0 Å². The largest absolute Gasteiger partial charge is 0.378 e. The number of hydrogen-bond donors (Lipinski definition) is 0. The van der Waals surface area contributed by atoms with E-state index < -0.39 is 0 Å². The van der Waals surface area contributed by atoms with E-state index in [4.69, 9.17) is 4.74 Å². The average molecular weight is 309 g/mol. The van der Waals surface area contributed by atoms with Crippen molar-refractivity contribution in [1.82, 2.24) is 4.90 Å². The summed E-state index contributed by atoms with van der Waals surface area (Å²) in [6, 6.07) is 0.944. The highest BCUT2D eigenvalue weighted by atomic mass is 16.5. The lowest BCUT2D eigenvalue weighted by Gasteiger charge is -2.46. The van der Waals surface area contributed by atoms with Crippen LogP contribution in [-0.2, 0) is 9.53 Å². The van der Waals surface area contributed by atoms with Gasteiger partial charge in [0, 0.05) is 24.4 Å². The highest BCUT2D eigenvalue weighted by Crippen LogP contribution is 2.31. The quantitative estimate of drug-likeness (QED) is 0.567. The number of carbonyl (C=O) groups is 1. The maximum Gasteiger partial charge on any atom is 0.136 e. The molecule has 3 nitrogen and oxygen atoms in total. The summed E-state index contributed by atoms with van der Waals surface area (Å²) in [7, 11) is 2.19. The summed E-state index contributed by atoms with van der Waals surface area (Å²) in [5.74, 6) is 0.829. The van der Waals surface area contributed by atoms with Crippen molar-refractivity contribution in [2.24, 2.45) is 5.92 Å². The molecule has 128 valence electrons. The number of fused-ring (bicyclic) bond motifs is 2. The SMILES string of the molecule is CCCCCCCCCCC(=O)C1CC2COCC(C1)N2C. The van der Waals surface area contributed by atoms with Crippen LogP contribution in [-0.4, -0.2) is 43.0 Å². The predicted molar refractivity (Wildman–Crippen MR) is 91.1 cm³/mol. The van der Waals surface area contributed by atoms with E-state index in [0.29, 0.717) is 23.8 Å². The van der Waals surface area contributed by atoms with Gasteiger partial charge in [0.1, 0.15) is 5.78 Å². The molecule has 2 aliphatic heterocycles. The summed E-state index contributed by atoms with van der Waals surface area (Å²) in [6.07, 6.45) is 13.3. The molecule has 2 rings (SSSR count). The summed E-state index contributed by atoms with van der Waals surface area (Å²) >= 11 is 0. The van der Waals surface area contributed by atoms with Gasteiger partial charge in [-0.15, -0.1) is 0 Å². The first-order valence-electron chi connectivity index (χ1n) is 9.54. The van der Waals surface area contributed by atoms with Crippen LogP contribution in [0.25, 0.3) is 0 Å². The van der Waals surface area contributed by atoms with Gasteiger partial charge in [-0.3, -0.25) is 9.69 Å². The Morgan fingerprint density at radius 1 is 0.955 bits per heavy atom. The predicted octanol–water partition coefficient (Wildman–Crippen LogP) is 4.20. The maximum absolute atomic E-state index is 12.5. The molecule has 0 radical (unpaired) electrons. The topological polar surface area (TPSA) is 29.5 Å². The molecule has 22 heavy (non-hydrogen) atoms. The van der Waals surface area contributed by atoms with E-state index in [2.05, 4.69) is 18.9 Å². The second-order valence-corrected chi connectivity index (χ2v) is 7.37. The Morgan fingerprint density at radius 2 is 1.50 bits per heavy atom. The average Bonchev–Trinajstić information content (AvgIpc) is 2.49. The number of Topliss-reactive ketones (excluding diaryl/α,β-unsaturated/α-hetero) is 1.